The van der Waals surface area contributed by atoms with Gasteiger partial charge in [-0.25, -0.2) is 4.98 Å². The van der Waals surface area contributed by atoms with Crippen molar-refractivity contribution in [3.05, 3.63) is 54.0 Å². The molecule has 2 aliphatic rings. The van der Waals surface area contributed by atoms with Gasteiger partial charge >= 0.3 is 6.18 Å². The van der Waals surface area contributed by atoms with Crippen molar-refractivity contribution in [2.24, 2.45) is 5.92 Å². The molecule has 0 aliphatic carbocycles. The second-order valence-electron chi connectivity index (χ2n) is 9.72. The van der Waals surface area contributed by atoms with Crippen LogP contribution in [0.4, 0.5) is 18.9 Å². The van der Waals surface area contributed by atoms with Crippen LogP contribution in [0.15, 0.2) is 42.6 Å². The number of hydrogen-bond donors (Lipinski definition) is 1. The first-order valence-corrected chi connectivity index (χ1v) is 12.7. The lowest BCUT2D eigenvalue weighted by Gasteiger charge is -2.36. The van der Waals surface area contributed by atoms with E-state index in [1.807, 2.05) is 4.90 Å². The molecule has 2 fully saturated rings. The van der Waals surface area contributed by atoms with Gasteiger partial charge in [0.25, 0.3) is 5.91 Å². The summed E-state index contributed by atoms with van der Waals surface area (Å²) in [5.41, 5.74) is -0.450. The molecule has 2 amide bonds. The van der Waals surface area contributed by atoms with Gasteiger partial charge in [-0.3, -0.25) is 19.2 Å². The first-order chi connectivity index (χ1) is 18.2. The van der Waals surface area contributed by atoms with E-state index in [9.17, 15) is 22.8 Å². The quantitative estimate of drug-likeness (QED) is 0.526. The summed E-state index contributed by atoms with van der Waals surface area (Å²) in [5.74, 6) is -0.302. The molecule has 2 aromatic heterocycles. The van der Waals surface area contributed by atoms with Crippen molar-refractivity contribution < 1.29 is 27.5 Å². The van der Waals surface area contributed by atoms with Gasteiger partial charge in [0, 0.05) is 50.0 Å². The van der Waals surface area contributed by atoms with Crippen LogP contribution < -0.4 is 5.32 Å². The maximum atomic E-state index is 13.0. The topological polar surface area (TPSA) is 92.6 Å². The number of amides is 2. The van der Waals surface area contributed by atoms with Gasteiger partial charge in [0.05, 0.1) is 18.7 Å². The fourth-order valence-corrected chi connectivity index (χ4v) is 4.98. The number of likely N-dealkylation sites (tertiary alicyclic amines) is 1. The lowest BCUT2D eigenvalue weighted by molar-refractivity contribution is -0.141. The first-order valence-electron chi connectivity index (χ1n) is 12.7. The van der Waals surface area contributed by atoms with Crippen LogP contribution in [-0.2, 0) is 22.3 Å². The van der Waals surface area contributed by atoms with Crippen LogP contribution in [0.1, 0.15) is 29.0 Å². The Morgan fingerprint density at radius 3 is 2.71 bits per heavy atom. The van der Waals surface area contributed by atoms with Gasteiger partial charge in [0.1, 0.15) is 17.9 Å². The molecule has 0 radical (unpaired) electrons. The molecular weight excluding hydrogens is 501 g/mol. The van der Waals surface area contributed by atoms with E-state index in [0.29, 0.717) is 22.5 Å². The molecule has 0 bridgehead atoms. The molecule has 4 heterocycles. The molecule has 38 heavy (non-hydrogen) atoms. The number of morpholine rings is 1. The Morgan fingerprint density at radius 1 is 1.11 bits per heavy atom. The van der Waals surface area contributed by atoms with E-state index in [4.69, 9.17) is 4.74 Å². The summed E-state index contributed by atoms with van der Waals surface area (Å²) in [4.78, 5) is 33.3. The number of rotatable bonds is 6. The Labute approximate surface area is 217 Å². The molecule has 1 aromatic carbocycles. The second-order valence-corrected chi connectivity index (χ2v) is 9.72. The first kappa shape index (κ1) is 26.1. The normalized spacial score (nSPS) is 19.0. The third kappa shape index (κ3) is 6.30. The predicted octanol–water partition coefficient (Wildman–Crippen LogP) is 3.27. The van der Waals surface area contributed by atoms with Crippen LogP contribution in [0.2, 0.25) is 0 Å². The largest absolute Gasteiger partial charge is 0.433 e. The lowest BCUT2D eigenvalue weighted by Crippen LogP contribution is -2.46. The van der Waals surface area contributed by atoms with Crippen LogP contribution >= 0.6 is 0 Å². The van der Waals surface area contributed by atoms with E-state index >= 15 is 0 Å². The highest BCUT2D eigenvalue weighted by molar-refractivity contribution is 6.03. The van der Waals surface area contributed by atoms with E-state index in [1.54, 1.807) is 29.1 Å². The predicted molar refractivity (Wildman–Crippen MR) is 133 cm³/mol. The zero-order valence-electron chi connectivity index (χ0n) is 20.8. The van der Waals surface area contributed by atoms with E-state index in [-0.39, 0.29) is 18.1 Å². The van der Waals surface area contributed by atoms with Crippen molar-refractivity contribution in [1.82, 2.24) is 24.6 Å². The smallest absolute Gasteiger partial charge is 0.379 e. The molecule has 2 aliphatic heterocycles. The number of hydrogen-bond acceptors (Lipinski definition) is 6. The van der Waals surface area contributed by atoms with Crippen LogP contribution in [0.25, 0.3) is 10.9 Å². The Bertz CT molecular complexity index is 1300. The number of benzene rings is 1. The van der Waals surface area contributed by atoms with E-state index < -0.39 is 17.8 Å². The number of alkyl halides is 3. The van der Waals surface area contributed by atoms with E-state index in [0.717, 1.165) is 70.9 Å². The van der Waals surface area contributed by atoms with Crippen molar-refractivity contribution in [3.63, 3.8) is 0 Å². The zero-order valence-corrected chi connectivity index (χ0v) is 20.8. The minimum absolute atomic E-state index is 0.00799. The number of ether oxygens (including phenoxy) is 1. The van der Waals surface area contributed by atoms with Crippen molar-refractivity contribution in [3.8, 4) is 0 Å². The van der Waals surface area contributed by atoms with Gasteiger partial charge in [-0.1, -0.05) is 6.07 Å². The van der Waals surface area contributed by atoms with Gasteiger partial charge in [0.15, 0.2) is 0 Å². The Balaban J connectivity index is 1.20. The molecule has 1 unspecified atom stereocenters. The SMILES string of the molecule is O=C(Nc1ccc2nn(CC(=O)N3CCCC(CN4CCOCC4)C3)cc2c1)c1cccc(C(F)(F)F)n1. The number of nitrogens with zero attached hydrogens (tertiary/aromatic N) is 5. The van der Waals surface area contributed by atoms with Crippen LogP contribution in [0.3, 0.4) is 0 Å². The highest BCUT2D eigenvalue weighted by Crippen LogP contribution is 2.27. The third-order valence-electron chi connectivity index (χ3n) is 6.87. The molecule has 12 heteroatoms. The number of anilines is 1. The monoisotopic (exact) mass is 530 g/mol. The molecule has 202 valence electrons. The number of nitrogens with one attached hydrogen (secondary N) is 1. The van der Waals surface area contributed by atoms with Crippen molar-refractivity contribution in [1.29, 1.82) is 0 Å². The van der Waals surface area contributed by atoms with E-state index in [2.05, 4.69) is 20.3 Å². The van der Waals surface area contributed by atoms with Crippen LogP contribution in [-0.4, -0.2) is 82.3 Å². The standard InChI is InChI=1S/C26H29F3N6O3/c27-26(28,29)23-5-1-4-22(31-23)25(37)30-20-6-7-21-19(13-20)16-35(32-21)17-24(36)34-8-2-3-18(15-34)14-33-9-11-38-12-10-33/h1,4-7,13,16,18H,2-3,8-12,14-15,17H2,(H,30,37). The fraction of sp³-hybridized carbons (Fsp3) is 0.462. The molecule has 9 nitrogen and oxygen atoms in total. The molecule has 0 spiro atoms. The summed E-state index contributed by atoms with van der Waals surface area (Å²) in [5, 5.41) is 7.74. The average molecular weight is 531 g/mol. The molecule has 1 N–H and O–H groups in total. The molecular formula is C26H29F3N6O3. The summed E-state index contributed by atoms with van der Waals surface area (Å²) >= 11 is 0. The molecule has 3 aromatic rings. The van der Waals surface area contributed by atoms with Crippen LogP contribution in [0, 0.1) is 5.92 Å². The number of carbonyl (C=O) groups is 2. The number of pyridine rings is 1. The average Bonchev–Trinajstić information content (AvgIpc) is 3.30. The molecule has 5 rings (SSSR count). The Hall–Kier alpha value is -3.51. The Morgan fingerprint density at radius 2 is 1.92 bits per heavy atom. The summed E-state index contributed by atoms with van der Waals surface area (Å²) in [7, 11) is 0. The number of aromatic nitrogens is 3. The van der Waals surface area contributed by atoms with Gasteiger partial charge in [-0.2, -0.15) is 18.3 Å². The molecule has 0 saturated carbocycles. The third-order valence-corrected chi connectivity index (χ3v) is 6.87. The second kappa shape index (κ2) is 11.1. The lowest BCUT2D eigenvalue weighted by atomic mass is 9.97. The van der Waals surface area contributed by atoms with Gasteiger partial charge in [-0.15, -0.1) is 0 Å². The maximum absolute atomic E-state index is 13.0. The molecule has 2 saturated heterocycles. The highest BCUT2D eigenvalue weighted by Gasteiger charge is 2.33. The number of carbonyl (C=O) groups excluding carboxylic acids is 2. The molecule has 1 atom stereocenters. The van der Waals surface area contributed by atoms with E-state index in [1.165, 1.54) is 6.07 Å². The summed E-state index contributed by atoms with van der Waals surface area (Å²) < 4.78 is 45.8. The zero-order chi connectivity index (χ0) is 26.7. The van der Waals surface area contributed by atoms with Crippen molar-refractivity contribution in [2.45, 2.75) is 25.6 Å². The van der Waals surface area contributed by atoms with Gasteiger partial charge in [-0.05, 0) is 49.1 Å². The highest BCUT2D eigenvalue weighted by atomic mass is 19.4. The summed E-state index contributed by atoms with van der Waals surface area (Å²) in [6, 6.07) is 8.13. The summed E-state index contributed by atoms with van der Waals surface area (Å²) in [6.45, 7) is 5.94. The number of fused-ring (bicyclic) bond motifs is 1. The fourth-order valence-electron chi connectivity index (χ4n) is 4.98. The number of piperidine rings is 1. The van der Waals surface area contributed by atoms with Gasteiger partial charge < -0.3 is 15.0 Å². The summed E-state index contributed by atoms with van der Waals surface area (Å²) in [6.07, 6.45) is -0.831. The van der Waals surface area contributed by atoms with Crippen molar-refractivity contribution >= 4 is 28.4 Å². The van der Waals surface area contributed by atoms with Gasteiger partial charge in [0.2, 0.25) is 5.91 Å². The number of halogens is 3. The Kier molecular flexibility index (Phi) is 7.61. The van der Waals surface area contributed by atoms with Crippen molar-refractivity contribution in [2.75, 3.05) is 51.3 Å². The van der Waals surface area contributed by atoms with Crippen LogP contribution in [0.5, 0.6) is 0 Å². The maximum Gasteiger partial charge on any atom is 0.433 e. The minimum Gasteiger partial charge on any atom is -0.379 e. The minimum atomic E-state index is -4.64.